The summed E-state index contributed by atoms with van der Waals surface area (Å²) in [5.41, 5.74) is 1.19. The molecular formula is C14H12N4O5S. The number of nitrogens with one attached hydrogen (secondary N) is 3. The molecule has 1 aromatic carbocycles. The van der Waals surface area contributed by atoms with Gasteiger partial charge in [-0.1, -0.05) is 0 Å². The van der Waals surface area contributed by atoms with Crippen LogP contribution in [0.5, 0.6) is 0 Å². The van der Waals surface area contributed by atoms with Gasteiger partial charge in [0.05, 0.1) is 11.6 Å². The van der Waals surface area contributed by atoms with Crippen LogP contribution >= 0.6 is 12.2 Å². The van der Waals surface area contributed by atoms with Crippen molar-refractivity contribution in [1.29, 1.82) is 0 Å². The average molecular weight is 348 g/mol. The molecule has 0 spiro atoms. The van der Waals surface area contributed by atoms with Gasteiger partial charge in [0.2, 0.25) is 5.91 Å². The van der Waals surface area contributed by atoms with Crippen molar-refractivity contribution < 1.29 is 18.9 Å². The predicted octanol–water partition coefficient (Wildman–Crippen LogP) is 2.27. The number of carbonyl (C=O) groups is 2. The first-order valence-corrected chi connectivity index (χ1v) is 6.99. The van der Waals surface area contributed by atoms with Crippen molar-refractivity contribution in [3.05, 3.63) is 52.3 Å². The monoisotopic (exact) mass is 348 g/mol. The van der Waals surface area contributed by atoms with Gasteiger partial charge in [0, 0.05) is 18.3 Å². The van der Waals surface area contributed by atoms with Gasteiger partial charge in [0.15, 0.2) is 5.11 Å². The smallest absolute Gasteiger partial charge is 0.408 e. The van der Waals surface area contributed by atoms with Crippen molar-refractivity contribution >= 4 is 46.4 Å². The Hall–Kier alpha value is -3.27. The van der Waals surface area contributed by atoms with Gasteiger partial charge < -0.3 is 15.1 Å². The lowest BCUT2D eigenvalue weighted by Crippen LogP contribution is -2.33. The molecule has 0 saturated heterocycles. The first kappa shape index (κ1) is 17.1. The molecule has 0 aliphatic heterocycles. The molecule has 1 heterocycles. The van der Waals surface area contributed by atoms with Gasteiger partial charge >= 0.3 is 5.88 Å². The maximum atomic E-state index is 11.9. The van der Waals surface area contributed by atoms with Crippen molar-refractivity contribution in [2.45, 2.75) is 6.92 Å². The van der Waals surface area contributed by atoms with Gasteiger partial charge in [-0.15, -0.1) is 0 Å². The second kappa shape index (κ2) is 7.33. The number of thiocarbonyl (C=S) groups is 1. The van der Waals surface area contributed by atoms with Crippen LogP contribution in [0.1, 0.15) is 17.3 Å². The maximum Gasteiger partial charge on any atom is 0.433 e. The lowest BCUT2D eigenvalue weighted by atomic mass is 10.3. The number of anilines is 2. The molecule has 3 N–H and O–H groups in total. The van der Waals surface area contributed by atoms with E-state index in [0.717, 1.165) is 12.3 Å². The van der Waals surface area contributed by atoms with Crippen LogP contribution < -0.4 is 16.0 Å². The molecule has 0 aliphatic rings. The summed E-state index contributed by atoms with van der Waals surface area (Å²) in [5.74, 6) is -1.36. The van der Waals surface area contributed by atoms with Gasteiger partial charge in [0.25, 0.3) is 5.91 Å². The second-order valence-corrected chi connectivity index (χ2v) is 5.01. The van der Waals surface area contributed by atoms with Crippen LogP contribution in [-0.2, 0) is 4.79 Å². The van der Waals surface area contributed by atoms with Crippen molar-refractivity contribution in [1.82, 2.24) is 5.32 Å². The van der Waals surface area contributed by atoms with Crippen LogP contribution in [0.25, 0.3) is 0 Å². The Morgan fingerprint density at radius 2 is 1.75 bits per heavy atom. The van der Waals surface area contributed by atoms with Gasteiger partial charge in [-0.05, 0) is 36.5 Å². The molecule has 0 unspecified atom stereocenters. The Bertz CT molecular complexity index is 800. The quantitative estimate of drug-likeness (QED) is 0.439. The van der Waals surface area contributed by atoms with Crippen LogP contribution in [0, 0.1) is 10.1 Å². The van der Waals surface area contributed by atoms with E-state index < -0.39 is 16.7 Å². The molecule has 0 aliphatic carbocycles. The zero-order chi connectivity index (χ0) is 17.7. The Morgan fingerprint density at radius 3 is 2.25 bits per heavy atom. The second-order valence-electron chi connectivity index (χ2n) is 4.60. The van der Waals surface area contributed by atoms with Crippen LogP contribution in [0.3, 0.4) is 0 Å². The minimum atomic E-state index is -0.746. The molecule has 10 heteroatoms. The highest BCUT2D eigenvalue weighted by atomic mass is 32.1. The van der Waals surface area contributed by atoms with E-state index in [1.165, 1.54) is 6.92 Å². The fourth-order valence-corrected chi connectivity index (χ4v) is 1.93. The number of benzene rings is 1. The van der Waals surface area contributed by atoms with Crippen molar-refractivity contribution in [2.75, 3.05) is 10.6 Å². The minimum absolute atomic E-state index is 0.0103. The van der Waals surface area contributed by atoms with Gasteiger partial charge in [-0.3, -0.25) is 25.0 Å². The summed E-state index contributed by atoms with van der Waals surface area (Å²) in [4.78, 5) is 32.6. The van der Waals surface area contributed by atoms with Crippen LogP contribution in [0.2, 0.25) is 0 Å². The highest BCUT2D eigenvalue weighted by molar-refractivity contribution is 7.80. The van der Waals surface area contributed by atoms with Crippen LogP contribution in [-0.4, -0.2) is 21.9 Å². The number of hydrogen-bond acceptors (Lipinski definition) is 6. The largest absolute Gasteiger partial charge is 0.433 e. The summed E-state index contributed by atoms with van der Waals surface area (Å²) >= 11 is 5.00. The first-order valence-electron chi connectivity index (χ1n) is 6.58. The Morgan fingerprint density at radius 1 is 1.17 bits per heavy atom. The van der Waals surface area contributed by atoms with E-state index in [1.807, 2.05) is 0 Å². The Balaban J connectivity index is 1.93. The van der Waals surface area contributed by atoms with E-state index >= 15 is 0 Å². The van der Waals surface area contributed by atoms with E-state index in [9.17, 15) is 19.7 Å². The molecule has 24 heavy (non-hydrogen) atoms. The zero-order valence-electron chi connectivity index (χ0n) is 12.4. The summed E-state index contributed by atoms with van der Waals surface area (Å²) in [6.07, 6.45) is 0.971. The third kappa shape index (κ3) is 4.61. The number of amides is 2. The fourth-order valence-electron chi connectivity index (χ4n) is 1.72. The minimum Gasteiger partial charge on any atom is -0.408 e. The topological polar surface area (TPSA) is 127 Å². The van der Waals surface area contributed by atoms with Gasteiger partial charge in [0.1, 0.15) is 11.2 Å². The van der Waals surface area contributed by atoms with Gasteiger partial charge in [-0.2, -0.15) is 0 Å². The van der Waals surface area contributed by atoms with E-state index in [-0.39, 0.29) is 16.6 Å². The predicted molar refractivity (Wildman–Crippen MR) is 89.8 cm³/mol. The number of carbonyl (C=O) groups excluding carboxylic acids is 2. The SMILES string of the molecule is CC(=O)Nc1ccc(NC(=S)NC(=O)c2coc([N+](=O)[O-])c2)cc1. The molecule has 2 aromatic rings. The molecule has 0 bridgehead atoms. The molecule has 124 valence electrons. The molecule has 0 saturated carbocycles. The number of hydrogen-bond donors (Lipinski definition) is 3. The van der Waals surface area contributed by atoms with Crippen molar-refractivity contribution in [3.63, 3.8) is 0 Å². The molecule has 1 aromatic heterocycles. The summed E-state index contributed by atoms with van der Waals surface area (Å²) in [6, 6.07) is 7.64. The third-order valence-electron chi connectivity index (χ3n) is 2.72. The summed E-state index contributed by atoms with van der Waals surface area (Å²) < 4.78 is 4.63. The number of rotatable bonds is 4. The molecular weight excluding hydrogens is 336 g/mol. The molecule has 0 fully saturated rings. The van der Waals surface area contributed by atoms with Gasteiger partial charge in [-0.25, -0.2) is 0 Å². The third-order valence-corrected chi connectivity index (χ3v) is 2.92. The number of furan rings is 1. The summed E-state index contributed by atoms with van der Waals surface area (Å²) in [6.45, 7) is 1.40. The Kier molecular flexibility index (Phi) is 5.22. The van der Waals surface area contributed by atoms with E-state index in [1.54, 1.807) is 24.3 Å². The van der Waals surface area contributed by atoms with Crippen LogP contribution in [0.4, 0.5) is 17.3 Å². The van der Waals surface area contributed by atoms with E-state index in [4.69, 9.17) is 12.2 Å². The normalized spacial score (nSPS) is 9.88. The Labute approximate surface area is 141 Å². The fraction of sp³-hybridized carbons (Fsp3) is 0.0714. The molecule has 2 rings (SSSR count). The number of nitro groups is 1. The standard InChI is InChI=1S/C14H12N4O5S/c1-8(19)15-10-2-4-11(5-3-10)16-14(24)17-13(20)9-6-12(18(21)22)23-7-9/h2-7H,1H3,(H,15,19)(H2,16,17,20,24). The molecule has 9 nitrogen and oxygen atoms in total. The summed E-state index contributed by atoms with van der Waals surface area (Å²) in [7, 11) is 0. The molecule has 2 amide bonds. The highest BCUT2D eigenvalue weighted by Crippen LogP contribution is 2.16. The summed E-state index contributed by atoms with van der Waals surface area (Å²) in [5, 5.41) is 18.3. The average Bonchev–Trinajstić information content (AvgIpc) is 2.99. The van der Waals surface area contributed by atoms with Crippen molar-refractivity contribution in [2.24, 2.45) is 0 Å². The lowest BCUT2D eigenvalue weighted by Gasteiger charge is -2.09. The first-order chi connectivity index (χ1) is 11.3. The molecule has 0 radical (unpaired) electrons. The number of nitrogens with zero attached hydrogens (tertiary/aromatic N) is 1. The maximum absolute atomic E-state index is 11.9. The zero-order valence-corrected chi connectivity index (χ0v) is 13.2. The molecule has 0 atom stereocenters. The van der Waals surface area contributed by atoms with Crippen LogP contribution in [0.15, 0.2) is 41.0 Å². The van der Waals surface area contributed by atoms with E-state index in [2.05, 4.69) is 20.4 Å². The highest BCUT2D eigenvalue weighted by Gasteiger charge is 2.17. The lowest BCUT2D eigenvalue weighted by molar-refractivity contribution is -0.402. The van der Waals surface area contributed by atoms with E-state index in [0.29, 0.717) is 11.4 Å². The van der Waals surface area contributed by atoms with Crippen molar-refractivity contribution in [3.8, 4) is 0 Å².